The van der Waals surface area contributed by atoms with Crippen molar-refractivity contribution in [3.05, 3.63) is 29.3 Å². The summed E-state index contributed by atoms with van der Waals surface area (Å²) in [7, 11) is 0. The smallest absolute Gasteiger partial charge is 0.0375 e. The second-order valence-corrected chi connectivity index (χ2v) is 3.33. The average molecular weight is 161 g/mol. The lowest BCUT2D eigenvalue weighted by atomic mass is 9.96. The molecule has 0 unspecified atom stereocenters. The predicted octanol–water partition coefficient (Wildman–Crippen LogP) is 2.61. The average Bonchev–Trinajstić information content (AvgIpc) is 2.17. The van der Waals surface area contributed by atoms with Crippen molar-refractivity contribution >= 4 is 5.69 Å². The summed E-state index contributed by atoms with van der Waals surface area (Å²) in [5.41, 5.74) is 4.42. The molecule has 0 bridgehead atoms. The normalized spacial score (nSPS) is 15.1. The molecule has 1 aliphatic rings. The topological polar surface area (TPSA) is 12.0 Å². The van der Waals surface area contributed by atoms with E-state index in [9.17, 15) is 0 Å². The van der Waals surface area contributed by atoms with Gasteiger partial charge in [-0.1, -0.05) is 19.1 Å². The maximum Gasteiger partial charge on any atom is 0.0375 e. The number of rotatable bonds is 1. The second kappa shape index (κ2) is 3.18. The van der Waals surface area contributed by atoms with Gasteiger partial charge in [-0.05, 0) is 36.5 Å². The van der Waals surface area contributed by atoms with Crippen LogP contribution in [0.15, 0.2) is 18.2 Å². The van der Waals surface area contributed by atoms with E-state index in [0.717, 1.165) is 13.0 Å². The van der Waals surface area contributed by atoms with Gasteiger partial charge in [-0.25, -0.2) is 0 Å². The highest BCUT2D eigenvalue weighted by molar-refractivity contribution is 5.56. The van der Waals surface area contributed by atoms with E-state index in [1.807, 2.05) is 0 Å². The number of aryl methyl sites for hydroxylation is 1. The first-order chi connectivity index (χ1) is 5.92. The quantitative estimate of drug-likeness (QED) is 0.667. The lowest BCUT2D eigenvalue weighted by Gasteiger charge is -2.20. The Morgan fingerprint density at radius 2 is 2.33 bits per heavy atom. The van der Waals surface area contributed by atoms with Crippen LogP contribution in [0, 0.1) is 0 Å². The van der Waals surface area contributed by atoms with Crippen molar-refractivity contribution in [1.29, 1.82) is 0 Å². The Hall–Kier alpha value is -0.980. The molecule has 2 rings (SSSR count). The number of nitrogens with one attached hydrogen (secondary N) is 1. The summed E-state index contributed by atoms with van der Waals surface area (Å²) in [5, 5.41) is 3.44. The molecule has 1 heteroatoms. The van der Waals surface area contributed by atoms with Crippen LogP contribution in [0.3, 0.4) is 0 Å². The van der Waals surface area contributed by atoms with Crippen molar-refractivity contribution in [2.75, 3.05) is 11.9 Å². The Bertz CT molecular complexity index is 264. The molecule has 12 heavy (non-hydrogen) atoms. The monoisotopic (exact) mass is 161 g/mol. The number of anilines is 1. The van der Waals surface area contributed by atoms with E-state index in [2.05, 4.69) is 30.4 Å². The van der Waals surface area contributed by atoms with E-state index in [1.54, 1.807) is 5.56 Å². The van der Waals surface area contributed by atoms with E-state index in [4.69, 9.17) is 0 Å². The molecule has 1 nitrogen and oxygen atoms in total. The largest absolute Gasteiger partial charge is 0.385 e. The van der Waals surface area contributed by atoms with Crippen LogP contribution >= 0.6 is 0 Å². The van der Waals surface area contributed by atoms with Crippen molar-refractivity contribution < 1.29 is 0 Å². The zero-order valence-corrected chi connectivity index (χ0v) is 7.56. The summed E-state index contributed by atoms with van der Waals surface area (Å²) in [5.74, 6) is 0. The second-order valence-electron chi connectivity index (χ2n) is 3.33. The van der Waals surface area contributed by atoms with Gasteiger partial charge in [0.25, 0.3) is 0 Å². The summed E-state index contributed by atoms with van der Waals surface area (Å²) in [6, 6.07) is 6.58. The van der Waals surface area contributed by atoms with Crippen LogP contribution in [0.25, 0.3) is 0 Å². The molecule has 64 valence electrons. The maximum absolute atomic E-state index is 3.44. The summed E-state index contributed by atoms with van der Waals surface area (Å²) in [6.45, 7) is 3.37. The molecular weight excluding hydrogens is 146 g/mol. The van der Waals surface area contributed by atoms with Gasteiger partial charge < -0.3 is 5.32 Å². The van der Waals surface area contributed by atoms with Crippen LogP contribution in [0.1, 0.15) is 24.5 Å². The van der Waals surface area contributed by atoms with Gasteiger partial charge in [0.2, 0.25) is 0 Å². The maximum atomic E-state index is 3.44. The molecule has 1 aliphatic heterocycles. The van der Waals surface area contributed by atoms with Crippen LogP contribution in [0.4, 0.5) is 5.69 Å². The fourth-order valence-electron chi connectivity index (χ4n) is 1.91. The van der Waals surface area contributed by atoms with Gasteiger partial charge in [0.1, 0.15) is 0 Å². The highest BCUT2D eigenvalue weighted by atomic mass is 14.9. The summed E-state index contributed by atoms with van der Waals surface area (Å²) in [6.07, 6.45) is 3.70. The molecule has 0 aromatic heterocycles. The van der Waals surface area contributed by atoms with Gasteiger partial charge in [0.15, 0.2) is 0 Å². The Morgan fingerprint density at radius 1 is 1.42 bits per heavy atom. The number of hydrogen-bond acceptors (Lipinski definition) is 1. The predicted molar refractivity (Wildman–Crippen MR) is 52.6 cm³/mol. The van der Waals surface area contributed by atoms with Crippen LogP contribution < -0.4 is 5.32 Å². The molecule has 1 aromatic carbocycles. The molecule has 0 radical (unpaired) electrons. The minimum Gasteiger partial charge on any atom is -0.385 e. The summed E-state index contributed by atoms with van der Waals surface area (Å²) < 4.78 is 0. The molecule has 1 N–H and O–H groups in total. The highest BCUT2D eigenvalue weighted by Crippen LogP contribution is 2.25. The SMILES string of the molecule is CCc1cccc2c1CCCN2. The van der Waals surface area contributed by atoms with Gasteiger partial charge in [-0.15, -0.1) is 0 Å². The lowest BCUT2D eigenvalue weighted by Crippen LogP contribution is -2.13. The van der Waals surface area contributed by atoms with E-state index >= 15 is 0 Å². The molecular formula is C11H15N. The zero-order valence-electron chi connectivity index (χ0n) is 7.56. The van der Waals surface area contributed by atoms with Gasteiger partial charge in [0.05, 0.1) is 0 Å². The first-order valence-corrected chi connectivity index (χ1v) is 4.76. The minimum absolute atomic E-state index is 1.14. The molecule has 0 amide bonds. The fourth-order valence-corrected chi connectivity index (χ4v) is 1.91. The first kappa shape index (κ1) is 7.66. The van der Waals surface area contributed by atoms with Crippen molar-refractivity contribution in [2.45, 2.75) is 26.2 Å². The highest BCUT2D eigenvalue weighted by Gasteiger charge is 2.10. The Labute approximate surface area is 73.8 Å². The zero-order chi connectivity index (χ0) is 8.39. The van der Waals surface area contributed by atoms with Crippen molar-refractivity contribution in [2.24, 2.45) is 0 Å². The third-order valence-corrected chi connectivity index (χ3v) is 2.57. The van der Waals surface area contributed by atoms with Gasteiger partial charge in [-0.2, -0.15) is 0 Å². The van der Waals surface area contributed by atoms with E-state index in [1.165, 1.54) is 24.1 Å². The minimum atomic E-state index is 1.14. The standard InChI is InChI=1S/C11H15N/c1-2-9-5-3-7-11-10(9)6-4-8-12-11/h3,5,7,12H,2,4,6,8H2,1H3. The Kier molecular flexibility index (Phi) is 2.03. The molecule has 1 aromatic rings. The van der Waals surface area contributed by atoms with E-state index in [-0.39, 0.29) is 0 Å². The van der Waals surface area contributed by atoms with E-state index < -0.39 is 0 Å². The van der Waals surface area contributed by atoms with Gasteiger partial charge >= 0.3 is 0 Å². The van der Waals surface area contributed by atoms with Gasteiger partial charge in [-0.3, -0.25) is 0 Å². The summed E-state index contributed by atoms with van der Waals surface area (Å²) in [4.78, 5) is 0. The Balaban J connectivity index is 2.44. The van der Waals surface area contributed by atoms with Crippen molar-refractivity contribution in [3.8, 4) is 0 Å². The molecule has 0 saturated heterocycles. The number of fused-ring (bicyclic) bond motifs is 1. The van der Waals surface area contributed by atoms with Crippen molar-refractivity contribution in [3.63, 3.8) is 0 Å². The third kappa shape index (κ3) is 1.20. The number of benzene rings is 1. The third-order valence-electron chi connectivity index (χ3n) is 2.57. The molecule has 0 aliphatic carbocycles. The molecule has 0 spiro atoms. The summed E-state index contributed by atoms with van der Waals surface area (Å²) >= 11 is 0. The molecule has 0 atom stereocenters. The number of hydrogen-bond donors (Lipinski definition) is 1. The van der Waals surface area contributed by atoms with Crippen molar-refractivity contribution in [1.82, 2.24) is 0 Å². The lowest BCUT2D eigenvalue weighted by molar-refractivity contribution is 0.817. The van der Waals surface area contributed by atoms with Crippen LogP contribution in [0.5, 0.6) is 0 Å². The molecule has 0 saturated carbocycles. The Morgan fingerprint density at radius 3 is 3.17 bits per heavy atom. The van der Waals surface area contributed by atoms with E-state index in [0.29, 0.717) is 0 Å². The molecule has 0 fully saturated rings. The van der Waals surface area contributed by atoms with Crippen LogP contribution in [0.2, 0.25) is 0 Å². The van der Waals surface area contributed by atoms with Crippen LogP contribution in [-0.2, 0) is 12.8 Å². The van der Waals surface area contributed by atoms with Crippen LogP contribution in [-0.4, -0.2) is 6.54 Å². The fraction of sp³-hybridized carbons (Fsp3) is 0.455. The molecule has 1 heterocycles. The van der Waals surface area contributed by atoms with Gasteiger partial charge in [0, 0.05) is 12.2 Å². The first-order valence-electron chi connectivity index (χ1n) is 4.76.